The Bertz CT molecular complexity index is 1290. The molecule has 10 nitrogen and oxygen atoms in total. The number of nitrogens with two attached hydrogens (primary N) is 1. The monoisotopic (exact) mass is 406 g/mol. The summed E-state index contributed by atoms with van der Waals surface area (Å²) in [6, 6.07) is 5.29. The number of hydrogen-bond donors (Lipinski definition) is 1. The second kappa shape index (κ2) is 7.61. The van der Waals surface area contributed by atoms with Crippen molar-refractivity contribution in [2.75, 3.05) is 18.0 Å². The number of hydrogen-bond acceptors (Lipinski definition) is 7. The highest BCUT2D eigenvalue weighted by atomic mass is 16.2. The molecule has 10 heteroatoms. The summed E-state index contributed by atoms with van der Waals surface area (Å²) in [7, 11) is 1.57. The van der Waals surface area contributed by atoms with Crippen molar-refractivity contribution in [1.82, 2.24) is 23.7 Å². The minimum Gasteiger partial charge on any atom is -0.340 e. The standard InChI is InChI=1S/C20H22N8O2/c1-3-27-16-17(24-19(27)26-9-5-7-14(22)11-26)25(2)20(30)28(18(16)29)12-15-13(10-21)6-4-8-23-15/h3-4,6,8,14H,1,5,7,9,11-12,22H2,2H3/t14-/m1/s1. The molecule has 154 valence electrons. The molecule has 1 aliphatic heterocycles. The third-order valence-corrected chi connectivity index (χ3v) is 5.40. The average molecular weight is 406 g/mol. The smallest absolute Gasteiger partial charge is 0.332 e. The quantitative estimate of drug-likeness (QED) is 0.657. The average Bonchev–Trinajstić information content (AvgIpc) is 3.15. The number of aromatic nitrogens is 5. The number of rotatable bonds is 4. The Morgan fingerprint density at radius 2 is 2.23 bits per heavy atom. The molecule has 3 aromatic rings. The van der Waals surface area contributed by atoms with Crippen molar-refractivity contribution in [2.24, 2.45) is 12.8 Å². The molecule has 0 aliphatic carbocycles. The van der Waals surface area contributed by atoms with Crippen LogP contribution in [0.1, 0.15) is 24.1 Å². The third-order valence-electron chi connectivity index (χ3n) is 5.40. The van der Waals surface area contributed by atoms with Crippen molar-refractivity contribution >= 4 is 23.3 Å². The van der Waals surface area contributed by atoms with Crippen LogP contribution in [0.5, 0.6) is 0 Å². The fraction of sp³-hybridized carbons (Fsp3) is 0.350. The number of piperidine rings is 1. The molecule has 1 atom stereocenters. The van der Waals surface area contributed by atoms with Crippen molar-refractivity contribution in [3.63, 3.8) is 0 Å². The van der Waals surface area contributed by atoms with E-state index in [2.05, 4.69) is 16.5 Å². The highest BCUT2D eigenvalue weighted by Crippen LogP contribution is 2.23. The fourth-order valence-electron chi connectivity index (χ4n) is 3.87. The van der Waals surface area contributed by atoms with Crippen LogP contribution in [0.3, 0.4) is 0 Å². The van der Waals surface area contributed by atoms with E-state index in [9.17, 15) is 14.9 Å². The van der Waals surface area contributed by atoms with Gasteiger partial charge in [0.15, 0.2) is 11.2 Å². The fourth-order valence-corrected chi connectivity index (χ4v) is 3.87. The third kappa shape index (κ3) is 3.09. The predicted octanol–water partition coefficient (Wildman–Crippen LogP) is 0.240. The summed E-state index contributed by atoms with van der Waals surface area (Å²) in [5, 5.41) is 9.31. The molecule has 0 amide bonds. The van der Waals surface area contributed by atoms with Crippen LogP contribution in [0, 0.1) is 11.3 Å². The summed E-state index contributed by atoms with van der Waals surface area (Å²) < 4.78 is 4.01. The van der Waals surface area contributed by atoms with Gasteiger partial charge in [-0.2, -0.15) is 10.2 Å². The highest BCUT2D eigenvalue weighted by Gasteiger charge is 2.25. The predicted molar refractivity (Wildman–Crippen MR) is 113 cm³/mol. The van der Waals surface area contributed by atoms with Gasteiger partial charge in [0.25, 0.3) is 5.56 Å². The van der Waals surface area contributed by atoms with E-state index < -0.39 is 11.2 Å². The first kappa shape index (κ1) is 19.6. The molecule has 0 aromatic carbocycles. The molecule has 0 spiro atoms. The molecule has 4 rings (SSSR count). The Labute approximate surface area is 172 Å². The molecular formula is C20H22N8O2. The van der Waals surface area contributed by atoms with Gasteiger partial charge in [0.1, 0.15) is 6.07 Å². The number of nitriles is 1. The molecular weight excluding hydrogens is 384 g/mol. The second-order valence-corrected chi connectivity index (χ2v) is 7.33. The van der Waals surface area contributed by atoms with Gasteiger partial charge in [0, 0.05) is 38.6 Å². The van der Waals surface area contributed by atoms with Crippen LogP contribution in [-0.2, 0) is 13.6 Å². The SMILES string of the molecule is C=Cn1c(N2CCC[C@@H](N)C2)nc2c1c(=O)n(Cc1ncccc1C#N)c(=O)n2C. The Morgan fingerprint density at radius 1 is 1.43 bits per heavy atom. The second-order valence-electron chi connectivity index (χ2n) is 7.33. The molecule has 1 saturated heterocycles. The molecule has 4 heterocycles. The molecule has 3 aromatic heterocycles. The summed E-state index contributed by atoms with van der Waals surface area (Å²) in [6.45, 7) is 5.09. The Kier molecular flexibility index (Phi) is 4.97. The van der Waals surface area contributed by atoms with E-state index in [1.807, 2.05) is 11.0 Å². The number of pyridine rings is 1. The van der Waals surface area contributed by atoms with Crippen molar-refractivity contribution < 1.29 is 0 Å². The van der Waals surface area contributed by atoms with Gasteiger partial charge in [-0.25, -0.2) is 4.79 Å². The van der Waals surface area contributed by atoms with E-state index in [0.29, 0.717) is 23.8 Å². The summed E-state index contributed by atoms with van der Waals surface area (Å²) in [5.74, 6) is 0.538. The number of aryl methyl sites for hydroxylation is 1. The zero-order chi connectivity index (χ0) is 21.4. The Hall–Kier alpha value is -3.71. The number of nitrogens with zero attached hydrogens (tertiary/aromatic N) is 7. The Morgan fingerprint density at radius 3 is 2.93 bits per heavy atom. The lowest BCUT2D eigenvalue weighted by Gasteiger charge is -2.31. The molecule has 0 radical (unpaired) electrons. The minimum absolute atomic E-state index is 0.0193. The highest BCUT2D eigenvalue weighted by molar-refractivity contribution is 5.77. The van der Waals surface area contributed by atoms with E-state index in [0.717, 1.165) is 24.0 Å². The summed E-state index contributed by atoms with van der Waals surface area (Å²) in [4.78, 5) is 37.1. The van der Waals surface area contributed by atoms with Gasteiger partial charge in [-0.1, -0.05) is 6.58 Å². The molecule has 30 heavy (non-hydrogen) atoms. The first-order chi connectivity index (χ1) is 14.5. The topological polar surface area (TPSA) is 128 Å². The minimum atomic E-state index is -0.530. The zero-order valence-corrected chi connectivity index (χ0v) is 16.7. The number of anilines is 1. The van der Waals surface area contributed by atoms with E-state index in [1.165, 1.54) is 17.0 Å². The maximum atomic E-state index is 13.3. The van der Waals surface area contributed by atoms with Crippen LogP contribution < -0.4 is 21.9 Å². The van der Waals surface area contributed by atoms with E-state index in [1.54, 1.807) is 23.7 Å². The molecule has 0 saturated carbocycles. The molecule has 1 aliphatic rings. The molecule has 1 fully saturated rings. The van der Waals surface area contributed by atoms with Crippen molar-refractivity contribution in [3.8, 4) is 6.07 Å². The summed E-state index contributed by atoms with van der Waals surface area (Å²) >= 11 is 0. The normalized spacial score (nSPS) is 16.6. The van der Waals surface area contributed by atoms with Crippen molar-refractivity contribution in [2.45, 2.75) is 25.4 Å². The van der Waals surface area contributed by atoms with Gasteiger partial charge in [-0.15, -0.1) is 0 Å². The van der Waals surface area contributed by atoms with Crippen molar-refractivity contribution in [3.05, 3.63) is 57.0 Å². The van der Waals surface area contributed by atoms with Crippen LogP contribution >= 0.6 is 0 Å². The maximum absolute atomic E-state index is 13.3. The molecule has 2 N–H and O–H groups in total. The lowest BCUT2D eigenvalue weighted by atomic mass is 10.1. The largest absolute Gasteiger partial charge is 0.340 e. The van der Waals surface area contributed by atoms with Crippen LogP contribution in [0.2, 0.25) is 0 Å². The van der Waals surface area contributed by atoms with Crippen LogP contribution in [0.15, 0.2) is 34.5 Å². The zero-order valence-electron chi connectivity index (χ0n) is 16.7. The summed E-state index contributed by atoms with van der Waals surface area (Å²) in [5.41, 5.74) is 6.25. The van der Waals surface area contributed by atoms with E-state index >= 15 is 0 Å². The number of imidazole rings is 1. The van der Waals surface area contributed by atoms with Gasteiger partial charge in [0.2, 0.25) is 5.95 Å². The van der Waals surface area contributed by atoms with Gasteiger partial charge in [0.05, 0.1) is 17.8 Å². The molecule has 0 bridgehead atoms. The van der Waals surface area contributed by atoms with E-state index in [4.69, 9.17) is 5.73 Å². The first-order valence-electron chi connectivity index (χ1n) is 9.65. The summed E-state index contributed by atoms with van der Waals surface area (Å²) in [6.07, 6.45) is 4.89. The van der Waals surface area contributed by atoms with E-state index in [-0.39, 0.29) is 23.8 Å². The van der Waals surface area contributed by atoms with Gasteiger partial charge in [-0.05, 0) is 25.0 Å². The van der Waals surface area contributed by atoms with Crippen LogP contribution in [0.4, 0.5) is 5.95 Å². The van der Waals surface area contributed by atoms with Gasteiger partial charge < -0.3 is 10.6 Å². The van der Waals surface area contributed by atoms with Gasteiger partial charge in [-0.3, -0.25) is 23.5 Å². The first-order valence-corrected chi connectivity index (χ1v) is 9.65. The lowest BCUT2D eigenvalue weighted by molar-refractivity contribution is 0.499. The lowest BCUT2D eigenvalue weighted by Crippen LogP contribution is -2.43. The molecule has 0 unspecified atom stereocenters. The Balaban J connectivity index is 1.92. The van der Waals surface area contributed by atoms with Crippen LogP contribution in [0.25, 0.3) is 17.4 Å². The van der Waals surface area contributed by atoms with Gasteiger partial charge >= 0.3 is 5.69 Å². The van der Waals surface area contributed by atoms with Crippen LogP contribution in [-0.4, -0.2) is 42.8 Å². The number of fused-ring (bicyclic) bond motifs is 1. The van der Waals surface area contributed by atoms with Crippen molar-refractivity contribution in [1.29, 1.82) is 5.26 Å². The maximum Gasteiger partial charge on any atom is 0.332 e.